The molecule has 1 saturated heterocycles. The molecule has 0 aromatic carbocycles. The molecule has 1 aromatic heterocycles. The van der Waals surface area contributed by atoms with Crippen molar-refractivity contribution in [3.63, 3.8) is 0 Å². The molecule has 2 rings (SSSR count). The Morgan fingerprint density at radius 1 is 1.53 bits per heavy atom. The maximum Gasteiger partial charge on any atom is 0.267 e. The number of nitrogens with zero attached hydrogens (tertiary/aromatic N) is 2. The Bertz CT molecular complexity index is 477. The molecule has 0 aliphatic carbocycles. The summed E-state index contributed by atoms with van der Waals surface area (Å²) in [5.74, 6) is 0.924. The smallest absolute Gasteiger partial charge is 0.267 e. The van der Waals surface area contributed by atoms with E-state index in [-0.39, 0.29) is 11.4 Å². The van der Waals surface area contributed by atoms with E-state index in [9.17, 15) is 4.79 Å². The standard InChI is InChI=1S/C13H22N4OS/c1-8-5-6-17(7-8)11(18)9-10(14)15-12(19-9)16-13(2,3)4/h8H,5-7,14H2,1-4H3,(H,15,16). The molecule has 19 heavy (non-hydrogen) atoms. The number of anilines is 2. The molecule has 1 aromatic rings. The summed E-state index contributed by atoms with van der Waals surface area (Å²) < 4.78 is 0. The highest BCUT2D eigenvalue weighted by Crippen LogP contribution is 2.29. The van der Waals surface area contributed by atoms with E-state index in [4.69, 9.17) is 5.73 Å². The lowest BCUT2D eigenvalue weighted by Gasteiger charge is -2.19. The zero-order valence-corrected chi connectivity index (χ0v) is 12.8. The number of carbonyl (C=O) groups is 1. The summed E-state index contributed by atoms with van der Waals surface area (Å²) in [6.45, 7) is 9.95. The number of nitrogens with one attached hydrogen (secondary N) is 1. The molecule has 6 heteroatoms. The Hall–Kier alpha value is -1.30. The Kier molecular flexibility index (Phi) is 3.71. The fourth-order valence-electron chi connectivity index (χ4n) is 2.12. The highest BCUT2D eigenvalue weighted by Gasteiger charge is 2.28. The number of carbonyl (C=O) groups excluding carboxylic acids is 1. The van der Waals surface area contributed by atoms with Crippen LogP contribution in [0, 0.1) is 5.92 Å². The highest BCUT2D eigenvalue weighted by atomic mass is 32.1. The number of hydrogen-bond acceptors (Lipinski definition) is 5. The summed E-state index contributed by atoms with van der Waals surface area (Å²) in [6.07, 6.45) is 1.07. The first-order valence-electron chi connectivity index (χ1n) is 6.60. The Morgan fingerprint density at radius 2 is 2.21 bits per heavy atom. The molecule has 1 aliphatic heterocycles. The summed E-state index contributed by atoms with van der Waals surface area (Å²) in [4.78, 5) is 19.1. The van der Waals surface area contributed by atoms with Gasteiger partial charge < -0.3 is 16.0 Å². The van der Waals surface area contributed by atoms with Crippen molar-refractivity contribution in [1.29, 1.82) is 0 Å². The van der Waals surface area contributed by atoms with Crippen molar-refractivity contribution in [2.45, 2.75) is 39.7 Å². The first kappa shape index (κ1) is 14.1. The van der Waals surface area contributed by atoms with Gasteiger partial charge in [-0.1, -0.05) is 18.3 Å². The van der Waals surface area contributed by atoms with Crippen LogP contribution in [0.5, 0.6) is 0 Å². The fraction of sp³-hybridized carbons (Fsp3) is 0.692. The van der Waals surface area contributed by atoms with E-state index in [2.05, 4.69) is 17.2 Å². The van der Waals surface area contributed by atoms with Gasteiger partial charge >= 0.3 is 0 Å². The van der Waals surface area contributed by atoms with Crippen LogP contribution in [0.15, 0.2) is 0 Å². The lowest BCUT2D eigenvalue weighted by Crippen LogP contribution is -2.28. The molecule has 1 amide bonds. The van der Waals surface area contributed by atoms with Crippen LogP contribution in [0.2, 0.25) is 0 Å². The third-order valence-electron chi connectivity index (χ3n) is 3.04. The molecule has 0 bridgehead atoms. The van der Waals surface area contributed by atoms with Crippen molar-refractivity contribution in [1.82, 2.24) is 9.88 Å². The highest BCUT2D eigenvalue weighted by molar-refractivity contribution is 7.18. The van der Waals surface area contributed by atoms with Gasteiger partial charge in [-0.3, -0.25) is 4.79 Å². The monoisotopic (exact) mass is 282 g/mol. The minimum atomic E-state index is -0.0905. The summed E-state index contributed by atoms with van der Waals surface area (Å²) in [6, 6.07) is 0. The maximum absolute atomic E-state index is 12.4. The van der Waals surface area contributed by atoms with Crippen LogP contribution in [-0.4, -0.2) is 34.4 Å². The molecule has 0 radical (unpaired) electrons. The maximum atomic E-state index is 12.4. The summed E-state index contributed by atoms with van der Waals surface area (Å²) in [5, 5.41) is 3.96. The van der Waals surface area contributed by atoms with Crippen LogP contribution in [0.4, 0.5) is 10.9 Å². The van der Waals surface area contributed by atoms with Gasteiger partial charge in [-0.15, -0.1) is 0 Å². The largest absolute Gasteiger partial charge is 0.382 e. The number of aromatic nitrogens is 1. The first-order chi connectivity index (χ1) is 8.76. The number of rotatable bonds is 2. The van der Waals surface area contributed by atoms with Gasteiger partial charge in [0.15, 0.2) is 5.13 Å². The Labute approximate surface area is 118 Å². The van der Waals surface area contributed by atoms with Gasteiger partial charge in [0.1, 0.15) is 10.7 Å². The van der Waals surface area contributed by atoms with Crippen LogP contribution in [0.3, 0.4) is 0 Å². The lowest BCUT2D eigenvalue weighted by molar-refractivity contribution is 0.0793. The van der Waals surface area contributed by atoms with E-state index in [1.165, 1.54) is 11.3 Å². The average Bonchev–Trinajstić information content (AvgIpc) is 2.82. The van der Waals surface area contributed by atoms with Gasteiger partial charge in [0.25, 0.3) is 5.91 Å². The summed E-state index contributed by atoms with van der Waals surface area (Å²) in [7, 11) is 0. The molecule has 0 spiro atoms. The second-order valence-electron chi connectivity index (χ2n) is 6.25. The minimum Gasteiger partial charge on any atom is -0.382 e. The topological polar surface area (TPSA) is 71.2 Å². The molecule has 0 saturated carbocycles. The SMILES string of the molecule is CC1CCN(C(=O)c2sc(NC(C)(C)C)nc2N)C1. The van der Waals surface area contributed by atoms with Crippen molar-refractivity contribution in [3.05, 3.63) is 4.88 Å². The summed E-state index contributed by atoms with van der Waals surface area (Å²) >= 11 is 1.34. The van der Waals surface area contributed by atoms with E-state index in [1.807, 2.05) is 25.7 Å². The van der Waals surface area contributed by atoms with Crippen molar-refractivity contribution in [2.75, 3.05) is 24.1 Å². The van der Waals surface area contributed by atoms with Gasteiger partial charge in [0.2, 0.25) is 0 Å². The minimum absolute atomic E-state index is 0.0151. The Morgan fingerprint density at radius 3 is 2.74 bits per heavy atom. The molecule has 1 atom stereocenters. The third kappa shape index (κ3) is 3.37. The van der Waals surface area contributed by atoms with Crippen molar-refractivity contribution >= 4 is 28.2 Å². The third-order valence-corrected chi connectivity index (χ3v) is 4.02. The molecule has 1 aliphatic rings. The molecular weight excluding hydrogens is 260 g/mol. The molecule has 106 valence electrons. The van der Waals surface area contributed by atoms with E-state index in [0.717, 1.165) is 19.5 Å². The van der Waals surface area contributed by atoms with Crippen molar-refractivity contribution in [2.24, 2.45) is 5.92 Å². The second kappa shape index (κ2) is 5.00. The number of hydrogen-bond donors (Lipinski definition) is 2. The average molecular weight is 282 g/mol. The fourth-order valence-corrected chi connectivity index (χ4v) is 3.18. The van der Waals surface area contributed by atoms with Gasteiger partial charge in [-0.05, 0) is 33.1 Å². The number of thiazole rings is 1. The van der Waals surface area contributed by atoms with Gasteiger partial charge in [0, 0.05) is 18.6 Å². The van der Waals surface area contributed by atoms with Crippen LogP contribution in [0.25, 0.3) is 0 Å². The predicted octanol–water partition coefficient (Wildman–Crippen LogP) is 2.42. The molecular formula is C13H22N4OS. The second-order valence-corrected chi connectivity index (χ2v) is 7.25. The molecule has 3 N–H and O–H groups in total. The normalized spacial score (nSPS) is 19.8. The van der Waals surface area contributed by atoms with Crippen molar-refractivity contribution < 1.29 is 4.79 Å². The lowest BCUT2D eigenvalue weighted by atomic mass is 10.1. The van der Waals surface area contributed by atoms with Gasteiger partial charge in [-0.2, -0.15) is 0 Å². The number of nitrogen functional groups attached to an aromatic ring is 1. The van der Waals surface area contributed by atoms with Crippen LogP contribution in [-0.2, 0) is 0 Å². The van der Waals surface area contributed by atoms with Crippen molar-refractivity contribution in [3.8, 4) is 0 Å². The van der Waals surface area contributed by atoms with Crippen LogP contribution < -0.4 is 11.1 Å². The zero-order valence-electron chi connectivity index (χ0n) is 12.0. The summed E-state index contributed by atoms with van der Waals surface area (Å²) in [5.41, 5.74) is 5.78. The number of amides is 1. The predicted molar refractivity (Wildman–Crippen MR) is 79.6 cm³/mol. The number of nitrogens with two attached hydrogens (primary N) is 1. The van der Waals surface area contributed by atoms with E-state index in [0.29, 0.717) is 21.7 Å². The van der Waals surface area contributed by atoms with Crippen LogP contribution >= 0.6 is 11.3 Å². The molecule has 2 heterocycles. The Balaban J connectivity index is 2.14. The quantitative estimate of drug-likeness (QED) is 0.874. The van der Waals surface area contributed by atoms with Crippen LogP contribution in [0.1, 0.15) is 43.8 Å². The van der Waals surface area contributed by atoms with E-state index < -0.39 is 0 Å². The van der Waals surface area contributed by atoms with Gasteiger partial charge in [-0.25, -0.2) is 4.98 Å². The molecule has 1 fully saturated rings. The molecule has 5 nitrogen and oxygen atoms in total. The van der Waals surface area contributed by atoms with E-state index in [1.54, 1.807) is 0 Å². The van der Waals surface area contributed by atoms with Gasteiger partial charge in [0.05, 0.1) is 0 Å². The molecule has 1 unspecified atom stereocenters. The first-order valence-corrected chi connectivity index (χ1v) is 7.41. The number of likely N-dealkylation sites (tertiary alicyclic amines) is 1. The van der Waals surface area contributed by atoms with E-state index >= 15 is 0 Å². The zero-order chi connectivity index (χ0) is 14.2.